The summed E-state index contributed by atoms with van der Waals surface area (Å²) < 4.78 is 23.2. The first-order chi connectivity index (χ1) is 17.6. The molecule has 2 aliphatic heterocycles. The molecule has 0 aromatic heterocycles. The molecule has 4 rings (SSSR count). The molecular formula is C29H42N2O4S. The van der Waals surface area contributed by atoms with Gasteiger partial charge in [0, 0.05) is 44.0 Å². The Morgan fingerprint density at radius 3 is 2.75 bits per heavy atom. The van der Waals surface area contributed by atoms with E-state index in [1.165, 1.54) is 17.5 Å². The van der Waals surface area contributed by atoms with E-state index in [4.69, 9.17) is 18.9 Å². The number of hydrogen-bond acceptors (Lipinski definition) is 7. The number of nitrogens with one attached hydrogen (secondary N) is 1. The topological polar surface area (TPSA) is 52.2 Å². The Bertz CT molecular complexity index is 941. The minimum atomic E-state index is 0.115. The monoisotopic (exact) mass is 514 g/mol. The number of fused-ring (bicyclic) bond motifs is 1. The maximum Gasteiger partial charge on any atom is 0.142 e. The van der Waals surface area contributed by atoms with E-state index in [-0.39, 0.29) is 6.10 Å². The molecule has 1 N–H and O–H groups in total. The fourth-order valence-electron chi connectivity index (χ4n) is 5.26. The lowest BCUT2D eigenvalue weighted by Crippen LogP contribution is -2.47. The predicted octanol–water partition coefficient (Wildman–Crippen LogP) is 5.10. The molecule has 2 aromatic rings. The molecule has 0 aliphatic carbocycles. The highest BCUT2D eigenvalue weighted by atomic mass is 32.2. The number of ether oxygens (including phenoxy) is 4. The quantitative estimate of drug-likeness (QED) is 0.395. The SMILES string of the molecule is COCCCN1CCOc2ccc(CO[C@H]3CN[C@@H](C[C@H](C)SC)C[C@@H]3c3ccc(OC)cc3)cc21. The molecule has 1 saturated heterocycles. The van der Waals surface area contributed by atoms with Crippen LogP contribution in [0, 0.1) is 0 Å². The van der Waals surface area contributed by atoms with Crippen molar-refractivity contribution in [3.05, 3.63) is 53.6 Å². The highest BCUT2D eigenvalue weighted by Gasteiger charge is 2.33. The number of nitrogens with zero attached hydrogens (tertiary/aromatic N) is 1. The summed E-state index contributed by atoms with van der Waals surface area (Å²) in [7, 11) is 3.47. The van der Waals surface area contributed by atoms with E-state index < -0.39 is 0 Å². The van der Waals surface area contributed by atoms with Crippen LogP contribution in [0.15, 0.2) is 42.5 Å². The molecule has 36 heavy (non-hydrogen) atoms. The molecule has 198 valence electrons. The Morgan fingerprint density at radius 1 is 1.17 bits per heavy atom. The first-order valence-corrected chi connectivity index (χ1v) is 14.4. The van der Waals surface area contributed by atoms with Gasteiger partial charge in [-0.15, -0.1) is 0 Å². The van der Waals surface area contributed by atoms with Crippen LogP contribution < -0.4 is 19.7 Å². The van der Waals surface area contributed by atoms with Crippen LogP contribution in [0.5, 0.6) is 11.5 Å². The normalized spacial score (nSPS) is 22.6. The van der Waals surface area contributed by atoms with E-state index >= 15 is 0 Å². The van der Waals surface area contributed by atoms with Gasteiger partial charge in [-0.1, -0.05) is 25.1 Å². The molecule has 7 heteroatoms. The molecule has 1 fully saturated rings. The fraction of sp³-hybridized carbons (Fsp3) is 0.586. The Hall–Kier alpha value is -1.93. The van der Waals surface area contributed by atoms with Crippen LogP contribution in [0.25, 0.3) is 0 Å². The summed E-state index contributed by atoms with van der Waals surface area (Å²) in [6, 6.07) is 15.5. The van der Waals surface area contributed by atoms with Gasteiger partial charge in [-0.05, 0) is 60.9 Å². The third kappa shape index (κ3) is 7.09. The maximum absolute atomic E-state index is 6.62. The number of rotatable bonds is 12. The maximum atomic E-state index is 6.62. The van der Waals surface area contributed by atoms with Crippen molar-refractivity contribution in [3.8, 4) is 11.5 Å². The first-order valence-electron chi connectivity index (χ1n) is 13.1. The summed E-state index contributed by atoms with van der Waals surface area (Å²) in [5.74, 6) is 2.20. The Balaban J connectivity index is 1.45. The van der Waals surface area contributed by atoms with Crippen molar-refractivity contribution in [2.75, 3.05) is 58.2 Å². The molecule has 0 radical (unpaired) electrons. The van der Waals surface area contributed by atoms with Gasteiger partial charge in [-0.2, -0.15) is 11.8 Å². The second-order valence-corrected chi connectivity index (χ2v) is 11.1. The smallest absolute Gasteiger partial charge is 0.142 e. The number of hydrogen-bond donors (Lipinski definition) is 1. The van der Waals surface area contributed by atoms with Gasteiger partial charge < -0.3 is 29.2 Å². The molecule has 0 bridgehead atoms. The molecule has 0 saturated carbocycles. The first kappa shape index (κ1) is 27.1. The summed E-state index contributed by atoms with van der Waals surface area (Å²) in [4.78, 5) is 2.40. The molecule has 0 spiro atoms. The summed E-state index contributed by atoms with van der Waals surface area (Å²) in [5.41, 5.74) is 3.67. The Labute approximate surface area is 221 Å². The summed E-state index contributed by atoms with van der Waals surface area (Å²) in [6.07, 6.45) is 5.56. The summed E-state index contributed by atoms with van der Waals surface area (Å²) >= 11 is 1.94. The van der Waals surface area contributed by atoms with E-state index in [0.717, 1.165) is 62.9 Å². The molecular weight excluding hydrogens is 472 g/mol. The molecule has 6 nitrogen and oxygen atoms in total. The van der Waals surface area contributed by atoms with Gasteiger partial charge in [0.1, 0.15) is 18.1 Å². The zero-order valence-electron chi connectivity index (χ0n) is 22.2. The van der Waals surface area contributed by atoms with Gasteiger partial charge >= 0.3 is 0 Å². The van der Waals surface area contributed by atoms with Gasteiger partial charge in [0.15, 0.2) is 0 Å². The van der Waals surface area contributed by atoms with Crippen LogP contribution in [0.4, 0.5) is 5.69 Å². The minimum absolute atomic E-state index is 0.115. The Kier molecular flexibility index (Phi) is 10.2. The van der Waals surface area contributed by atoms with Crippen LogP contribution >= 0.6 is 11.8 Å². The zero-order valence-corrected chi connectivity index (χ0v) is 23.0. The average molecular weight is 515 g/mol. The molecule has 4 atom stereocenters. The van der Waals surface area contributed by atoms with E-state index in [2.05, 4.69) is 65.9 Å². The van der Waals surface area contributed by atoms with Crippen molar-refractivity contribution in [2.45, 2.75) is 56.1 Å². The number of piperidine rings is 1. The molecule has 2 aromatic carbocycles. The average Bonchev–Trinajstić information content (AvgIpc) is 2.92. The van der Waals surface area contributed by atoms with Crippen LogP contribution in [0.3, 0.4) is 0 Å². The van der Waals surface area contributed by atoms with Gasteiger partial charge in [0.25, 0.3) is 0 Å². The lowest BCUT2D eigenvalue weighted by Gasteiger charge is -2.38. The van der Waals surface area contributed by atoms with Gasteiger partial charge in [0.2, 0.25) is 0 Å². The van der Waals surface area contributed by atoms with E-state index in [9.17, 15) is 0 Å². The lowest BCUT2D eigenvalue weighted by atomic mass is 9.83. The van der Waals surface area contributed by atoms with Crippen LogP contribution in [-0.2, 0) is 16.1 Å². The third-order valence-electron chi connectivity index (χ3n) is 7.38. The van der Waals surface area contributed by atoms with Gasteiger partial charge in [-0.3, -0.25) is 0 Å². The highest BCUT2D eigenvalue weighted by molar-refractivity contribution is 7.99. The third-order valence-corrected chi connectivity index (χ3v) is 8.38. The van der Waals surface area contributed by atoms with E-state index in [1.807, 2.05) is 11.8 Å². The molecule has 2 aliphatic rings. The Morgan fingerprint density at radius 2 is 2.00 bits per heavy atom. The molecule has 2 heterocycles. The predicted molar refractivity (Wildman–Crippen MR) is 149 cm³/mol. The standard InChI is InChI=1S/C29H42N2O4S/c1-21(36-4)16-24-18-26(23-7-9-25(33-3)10-8-23)29(19-30-24)35-20-22-6-11-28-27(17-22)31(13-15-34-28)12-5-14-32-2/h6-11,17,21,24,26,29-30H,5,12-16,18-20H2,1-4H3/t21-,24-,26+,29-/m0/s1. The molecule has 0 amide bonds. The van der Waals surface area contributed by atoms with E-state index in [0.29, 0.717) is 23.8 Å². The van der Waals surface area contributed by atoms with Crippen LogP contribution in [0.2, 0.25) is 0 Å². The number of thioether (sulfide) groups is 1. The summed E-state index contributed by atoms with van der Waals surface area (Å²) in [5, 5.41) is 4.42. The largest absolute Gasteiger partial charge is 0.497 e. The highest BCUT2D eigenvalue weighted by Crippen LogP contribution is 2.35. The molecule has 0 unspecified atom stereocenters. The van der Waals surface area contributed by atoms with E-state index in [1.54, 1.807) is 14.2 Å². The fourth-order valence-corrected chi connectivity index (χ4v) is 5.69. The van der Waals surface area contributed by atoms with Gasteiger partial charge in [-0.25, -0.2) is 0 Å². The van der Waals surface area contributed by atoms with Gasteiger partial charge in [0.05, 0.1) is 32.1 Å². The van der Waals surface area contributed by atoms with Crippen molar-refractivity contribution in [1.82, 2.24) is 5.32 Å². The van der Waals surface area contributed by atoms with Crippen LogP contribution in [0.1, 0.15) is 43.2 Å². The number of benzene rings is 2. The zero-order chi connectivity index (χ0) is 25.3. The van der Waals surface area contributed by atoms with Crippen molar-refractivity contribution in [3.63, 3.8) is 0 Å². The lowest BCUT2D eigenvalue weighted by molar-refractivity contribution is 0.00232. The minimum Gasteiger partial charge on any atom is -0.497 e. The van der Waals surface area contributed by atoms with Crippen molar-refractivity contribution >= 4 is 17.4 Å². The number of methoxy groups -OCH3 is 2. The van der Waals surface area contributed by atoms with Crippen LogP contribution in [-0.4, -0.2) is 70.7 Å². The number of anilines is 1. The second kappa shape index (κ2) is 13.6. The van der Waals surface area contributed by atoms with Crippen molar-refractivity contribution < 1.29 is 18.9 Å². The van der Waals surface area contributed by atoms with Crippen molar-refractivity contribution in [1.29, 1.82) is 0 Å². The second-order valence-electron chi connectivity index (χ2n) is 9.84. The van der Waals surface area contributed by atoms with Crippen molar-refractivity contribution in [2.24, 2.45) is 0 Å². The summed E-state index contributed by atoms with van der Waals surface area (Å²) in [6.45, 7) is 7.13.